The molecule has 0 atom stereocenters. The van der Waals surface area contributed by atoms with E-state index in [0.29, 0.717) is 28.9 Å². The number of nitrogens with zero attached hydrogens (tertiary/aromatic N) is 6. The second-order valence-electron chi connectivity index (χ2n) is 10.9. The van der Waals surface area contributed by atoms with Crippen LogP contribution in [0.1, 0.15) is 57.1 Å². The highest BCUT2D eigenvalue weighted by atomic mass is 32.1. The van der Waals surface area contributed by atoms with E-state index in [1.165, 1.54) is 30.6 Å². The third kappa shape index (κ3) is 7.91. The van der Waals surface area contributed by atoms with Gasteiger partial charge in [-0.05, 0) is 81.9 Å². The van der Waals surface area contributed by atoms with Gasteiger partial charge in [0.2, 0.25) is 0 Å². The van der Waals surface area contributed by atoms with Gasteiger partial charge in [-0.3, -0.25) is 10.3 Å². The molecule has 1 fully saturated rings. The Balaban J connectivity index is 1.39. The van der Waals surface area contributed by atoms with Crippen molar-refractivity contribution in [1.29, 1.82) is 0 Å². The van der Waals surface area contributed by atoms with Crippen LogP contribution in [0.2, 0.25) is 0 Å². The van der Waals surface area contributed by atoms with Gasteiger partial charge in [-0.2, -0.15) is 0 Å². The lowest BCUT2D eigenvalue weighted by atomic mass is 9.98. The SMILES string of the molecule is CCC(CC)Oc1cc(C)c(-c2cc(-c3cnc(NC(=O)NCCN4CCCCC4)s3)nc(-c3cnccn3)n2)c(C)c1. The molecule has 1 aromatic carbocycles. The van der Waals surface area contributed by atoms with Gasteiger partial charge >= 0.3 is 6.03 Å². The van der Waals surface area contributed by atoms with Crippen LogP contribution in [0.25, 0.3) is 33.3 Å². The minimum atomic E-state index is -0.261. The molecule has 2 N–H and O–H groups in total. The number of aromatic nitrogens is 5. The minimum absolute atomic E-state index is 0.185. The fourth-order valence-electron chi connectivity index (χ4n) is 5.38. The molecule has 10 nitrogen and oxygen atoms in total. The molecule has 4 heterocycles. The van der Waals surface area contributed by atoms with Crippen LogP contribution < -0.4 is 15.4 Å². The zero-order valence-corrected chi connectivity index (χ0v) is 26.2. The summed E-state index contributed by atoms with van der Waals surface area (Å²) in [4.78, 5) is 38.6. The van der Waals surface area contributed by atoms with E-state index < -0.39 is 0 Å². The molecule has 4 aromatic rings. The minimum Gasteiger partial charge on any atom is -0.490 e. The Morgan fingerprint density at radius 2 is 1.70 bits per heavy atom. The molecular formula is C32H40N8O2S. The topological polar surface area (TPSA) is 118 Å². The molecule has 0 bridgehead atoms. The Hall–Kier alpha value is -3.96. The molecule has 2 amide bonds. The van der Waals surface area contributed by atoms with Gasteiger partial charge in [-0.15, -0.1) is 0 Å². The maximum Gasteiger partial charge on any atom is 0.321 e. The average Bonchev–Trinajstić information content (AvgIpc) is 3.49. The van der Waals surface area contributed by atoms with Gasteiger partial charge in [-0.25, -0.2) is 24.7 Å². The Morgan fingerprint density at radius 3 is 2.40 bits per heavy atom. The second kappa shape index (κ2) is 14.5. The van der Waals surface area contributed by atoms with Crippen molar-refractivity contribution < 1.29 is 9.53 Å². The zero-order valence-electron chi connectivity index (χ0n) is 25.4. The molecule has 3 aromatic heterocycles. The molecular weight excluding hydrogens is 560 g/mol. The van der Waals surface area contributed by atoms with Crippen LogP contribution in [0.5, 0.6) is 5.75 Å². The lowest BCUT2D eigenvalue weighted by Crippen LogP contribution is -2.39. The maximum atomic E-state index is 12.6. The van der Waals surface area contributed by atoms with E-state index in [0.717, 1.165) is 65.5 Å². The van der Waals surface area contributed by atoms with Gasteiger partial charge in [0.15, 0.2) is 11.0 Å². The summed E-state index contributed by atoms with van der Waals surface area (Å²) < 4.78 is 6.24. The highest BCUT2D eigenvalue weighted by molar-refractivity contribution is 7.19. The number of piperidine rings is 1. The largest absolute Gasteiger partial charge is 0.490 e. The van der Waals surface area contributed by atoms with Crippen LogP contribution in [0.4, 0.5) is 9.93 Å². The van der Waals surface area contributed by atoms with Crippen molar-refractivity contribution in [2.24, 2.45) is 0 Å². The fourth-order valence-corrected chi connectivity index (χ4v) is 6.15. The molecule has 1 aliphatic rings. The first-order valence-electron chi connectivity index (χ1n) is 15.1. The number of aryl methyl sites for hydroxylation is 2. The number of hydrogen-bond acceptors (Lipinski definition) is 9. The van der Waals surface area contributed by atoms with Crippen molar-refractivity contribution in [3.63, 3.8) is 0 Å². The highest BCUT2D eigenvalue weighted by Crippen LogP contribution is 2.35. The number of thiazole rings is 1. The molecule has 0 unspecified atom stereocenters. The van der Waals surface area contributed by atoms with Crippen molar-refractivity contribution in [3.8, 4) is 39.1 Å². The van der Waals surface area contributed by atoms with E-state index in [1.807, 2.05) is 6.07 Å². The lowest BCUT2D eigenvalue weighted by Gasteiger charge is -2.26. The van der Waals surface area contributed by atoms with Crippen LogP contribution in [0.15, 0.2) is 43.0 Å². The number of rotatable bonds is 11. The smallest absolute Gasteiger partial charge is 0.321 e. The molecule has 0 aliphatic carbocycles. The number of urea groups is 1. The summed E-state index contributed by atoms with van der Waals surface area (Å²) in [5.74, 6) is 1.33. The number of nitrogens with one attached hydrogen (secondary N) is 2. The summed E-state index contributed by atoms with van der Waals surface area (Å²) in [7, 11) is 0. The van der Waals surface area contributed by atoms with Crippen LogP contribution in [-0.2, 0) is 0 Å². The van der Waals surface area contributed by atoms with E-state index >= 15 is 0 Å². The van der Waals surface area contributed by atoms with E-state index in [-0.39, 0.29) is 12.1 Å². The van der Waals surface area contributed by atoms with E-state index in [1.54, 1.807) is 24.8 Å². The standard InChI is InChI=1S/C32H40N8O2S/c1-5-23(6-2)42-24-16-21(3)29(22(4)17-24)26-18-25(37-30(38-26)27-19-33-10-11-34-27)28-20-36-32(43-28)39-31(41)35-12-15-40-13-8-7-9-14-40/h10-11,16-20,23H,5-9,12-15H2,1-4H3,(H2,35,36,39,41). The molecule has 5 rings (SSSR count). The maximum absolute atomic E-state index is 12.6. The summed E-state index contributed by atoms with van der Waals surface area (Å²) >= 11 is 1.37. The molecule has 11 heteroatoms. The van der Waals surface area contributed by atoms with Gasteiger partial charge in [-0.1, -0.05) is 31.6 Å². The third-order valence-electron chi connectivity index (χ3n) is 7.64. The second-order valence-corrected chi connectivity index (χ2v) is 11.9. The fraction of sp³-hybridized carbons (Fsp3) is 0.438. The Bertz CT molecular complexity index is 1490. The quantitative estimate of drug-likeness (QED) is 0.200. The normalized spacial score (nSPS) is 13.7. The number of benzene rings is 1. The number of anilines is 1. The average molecular weight is 601 g/mol. The van der Waals surface area contributed by atoms with Crippen molar-refractivity contribution in [2.75, 3.05) is 31.5 Å². The zero-order chi connectivity index (χ0) is 30.2. The number of carbonyl (C=O) groups is 1. The summed E-state index contributed by atoms with van der Waals surface area (Å²) in [5, 5.41) is 6.32. The number of hydrogen-bond donors (Lipinski definition) is 2. The van der Waals surface area contributed by atoms with E-state index in [4.69, 9.17) is 14.7 Å². The number of carbonyl (C=O) groups excluding carboxylic acids is 1. The van der Waals surface area contributed by atoms with Crippen LogP contribution in [0, 0.1) is 13.8 Å². The summed E-state index contributed by atoms with van der Waals surface area (Å²) in [6.45, 7) is 12.1. The summed E-state index contributed by atoms with van der Waals surface area (Å²) in [6.07, 6.45) is 12.5. The van der Waals surface area contributed by atoms with Gasteiger partial charge in [0.1, 0.15) is 11.4 Å². The van der Waals surface area contributed by atoms with Gasteiger partial charge in [0.25, 0.3) is 0 Å². The van der Waals surface area contributed by atoms with Crippen molar-refractivity contribution in [2.45, 2.75) is 65.9 Å². The van der Waals surface area contributed by atoms with Gasteiger partial charge in [0.05, 0.1) is 28.6 Å². The van der Waals surface area contributed by atoms with E-state index in [2.05, 4.69) is 70.3 Å². The number of ether oxygens (including phenoxy) is 1. The molecule has 0 saturated carbocycles. The van der Waals surface area contributed by atoms with Crippen molar-refractivity contribution >= 4 is 22.5 Å². The number of amides is 2. The summed E-state index contributed by atoms with van der Waals surface area (Å²) in [6, 6.07) is 5.85. The Morgan fingerprint density at radius 1 is 0.953 bits per heavy atom. The van der Waals surface area contributed by atoms with Crippen molar-refractivity contribution in [3.05, 3.63) is 54.1 Å². The molecule has 0 spiro atoms. The predicted octanol–water partition coefficient (Wildman–Crippen LogP) is 6.52. The predicted molar refractivity (Wildman–Crippen MR) is 171 cm³/mol. The van der Waals surface area contributed by atoms with Crippen LogP contribution in [0.3, 0.4) is 0 Å². The van der Waals surface area contributed by atoms with Gasteiger partial charge in [0, 0.05) is 37.2 Å². The lowest BCUT2D eigenvalue weighted by molar-refractivity contribution is 0.192. The monoisotopic (exact) mass is 600 g/mol. The highest BCUT2D eigenvalue weighted by Gasteiger charge is 2.18. The van der Waals surface area contributed by atoms with Crippen LogP contribution >= 0.6 is 11.3 Å². The molecule has 43 heavy (non-hydrogen) atoms. The first-order chi connectivity index (χ1) is 20.9. The molecule has 1 aliphatic heterocycles. The molecule has 226 valence electrons. The first-order valence-corrected chi connectivity index (χ1v) is 15.9. The van der Waals surface area contributed by atoms with E-state index in [9.17, 15) is 4.79 Å². The third-order valence-corrected chi connectivity index (χ3v) is 8.57. The molecule has 0 radical (unpaired) electrons. The molecule has 1 saturated heterocycles. The van der Waals surface area contributed by atoms with Crippen LogP contribution in [-0.4, -0.2) is 68.1 Å². The van der Waals surface area contributed by atoms with Crippen molar-refractivity contribution in [1.82, 2.24) is 35.1 Å². The first kappa shape index (κ1) is 30.5. The van der Waals surface area contributed by atoms with Gasteiger partial charge < -0.3 is 15.0 Å². The Labute approximate surface area is 257 Å². The number of likely N-dealkylation sites (tertiary alicyclic amines) is 1. The summed E-state index contributed by atoms with van der Waals surface area (Å²) in [5.41, 5.74) is 5.17. The Kier molecular flexibility index (Phi) is 10.3.